The summed E-state index contributed by atoms with van der Waals surface area (Å²) >= 11 is 0. The topological polar surface area (TPSA) is 153 Å². The first kappa shape index (κ1) is 15.1. The zero-order chi connectivity index (χ0) is 14.4. The minimum atomic E-state index is -1.34. The van der Waals surface area contributed by atoms with Crippen molar-refractivity contribution in [2.75, 3.05) is 6.54 Å². The van der Waals surface area contributed by atoms with E-state index in [-0.39, 0.29) is 6.54 Å². The molecule has 1 aliphatic heterocycles. The van der Waals surface area contributed by atoms with Gasteiger partial charge >= 0.3 is 5.97 Å². The van der Waals surface area contributed by atoms with Crippen molar-refractivity contribution in [3.8, 4) is 0 Å². The first-order chi connectivity index (χ1) is 9.01. The summed E-state index contributed by atoms with van der Waals surface area (Å²) in [5.41, 5.74) is 16.7. The molecule has 10 nitrogen and oxygen atoms in total. The van der Waals surface area contributed by atoms with E-state index < -0.39 is 36.4 Å². The number of esters is 1. The smallest absolute Gasteiger partial charge is 0.303 e. The molecular weight excluding hydrogens is 256 g/mol. The molecule has 0 spiro atoms. The zero-order valence-corrected chi connectivity index (χ0v) is 10.4. The van der Waals surface area contributed by atoms with Gasteiger partial charge in [-0.15, -0.1) is 0 Å². The number of hydrogen-bond acceptors (Lipinski definition) is 6. The average Bonchev–Trinajstić information content (AvgIpc) is 2.35. The standard InChI is InChI=1S/C9H14N6O4/c1-4-7(13-15-11)9(17)19-6(3-12-14-10)8(4)18-5(2)16/h4,6-9,17H,3H2,1-2H3/t4-,6+,7?,8-,9?/m0/s1. The molecule has 0 amide bonds. The van der Waals surface area contributed by atoms with Gasteiger partial charge in [-0.3, -0.25) is 4.79 Å². The second-order valence-corrected chi connectivity index (χ2v) is 4.11. The third-order valence-corrected chi connectivity index (χ3v) is 2.84. The lowest BCUT2D eigenvalue weighted by molar-refractivity contribution is -0.230. The summed E-state index contributed by atoms with van der Waals surface area (Å²) in [5, 5.41) is 16.5. The van der Waals surface area contributed by atoms with Crippen LogP contribution in [0, 0.1) is 5.92 Å². The van der Waals surface area contributed by atoms with E-state index in [2.05, 4.69) is 20.1 Å². The molecule has 1 heterocycles. The summed E-state index contributed by atoms with van der Waals surface area (Å²) in [6.45, 7) is 2.78. The second-order valence-electron chi connectivity index (χ2n) is 4.11. The van der Waals surface area contributed by atoms with E-state index in [0.29, 0.717) is 0 Å². The van der Waals surface area contributed by atoms with Crippen LogP contribution in [-0.4, -0.2) is 42.2 Å². The fraction of sp³-hybridized carbons (Fsp3) is 0.889. The van der Waals surface area contributed by atoms with Gasteiger partial charge in [0.1, 0.15) is 12.2 Å². The Morgan fingerprint density at radius 1 is 1.47 bits per heavy atom. The summed E-state index contributed by atoms with van der Waals surface area (Å²) in [6, 6.07) is -0.878. The molecule has 0 aliphatic carbocycles. The quantitative estimate of drug-likeness (QED) is 0.353. The number of hydrogen-bond donors (Lipinski definition) is 1. The molecule has 0 aromatic carbocycles. The number of aliphatic hydroxyl groups is 1. The van der Waals surface area contributed by atoms with E-state index in [4.69, 9.17) is 20.5 Å². The molecule has 5 atom stereocenters. The minimum absolute atomic E-state index is 0.0984. The number of aliphatic hydroxyl groups excluding tert-OH is 1. The van der Waals surface area contributed by atoms with Crippen LogP contribution in [-0.2, 0) is 14.3 Å². The van der Waals surface area contributed by atoms with E-state index in [1.54, 1.807) is 6.92 Å². The number of azide groups is 2. The third-order valence-electron chi connectivity index (χ3n) is 2.84. The lowest BCUT2D eigenvalue weighted by atomic mass is 9.89. The molecule has 10 heteroatoms. The van der Waals surface area contributed by atoms with Crippen molar-refractivity contribution in [2.45, 2.75) is 38.4 Å². The Bertz CT molecular complexity index is 428. The maximum absolute atomic E-state index is 11.1. The average molecular weight is 270 g/mol. The summed E-state index contributed by atoms with van der Waals surface area (Å²) in [5.74, 6) is -1.01. The van der Waals surface area contributed by atoms with Crippen molar-refractivity contribution in [3.63, 3.8) is 0 Å². The minimum Gasteiger partial charge on any atom is -0.459 e. The Kier molecular flexibility index (Phi) is 5.40. The van der Waals surface area contributed by atoms with Crippen LogP contribution in [0.15, 0.2) is 10.2 Å². The molecule has 0 radical (unpaired) electrons. The van der Waals surface area contributed by atoms with Gasteiger partial charge in [-0.25, -0.2) is 0 Å². The maximum atomic E-state index is 11.1. The van der Waals surface area contributed by atoms with Gasteiger partial charge in [0.05, 0.1) is 12.6 Å². The maximum Gasteiger partial charge on any atom is 0.303 e. The molecule has 1 aliphatic rings. The van der Waals surface area contributed by atoms with Gasteiger partial charge in [-0.1, -0.05) is 17.2 Å². The van der Waals surface area contributed by atoms with Gasteiger partial charge < -0.3 is 14.6 Å². The van der Waals surface area contributed by atoms with Crippen LogP contribution in [0.3, 0.4) is 0 Å². The predicted molar refractivity (Wildman–Crippen MR) is 62.5 cm³/mol. The Hall–Kier alpha value is -1.99. The molecular formula is C9H14N6O4. The normalized spacial score (nSPS) is 33.7. The van der Waals surface area contributed by atoms with Gasteiger partial charge in [-0.2, -0.15) is 0 Å². The molecule has 19 heavy (non-hydrogen) atoms. The Morgan fingerprint density at radius 2 is 2.16 bits per heavy atom. The van der Waals surface area contributed by atoms with E-state index in [1.807, 2.05) is 0 Å². The highest BCUT2D eigenvalue weighted by molar-refractivity contribution is 5.66. The third kappa shape index (κ3) is 3.73. The molecule has 2 unspecified atom stereocenters. The lowest BCUT2D eigenvalue weighted by Gasteiger charge is -2.41. The molecule has 1 N–H and O–H groups in total. The van der Waals surface area contributed by atoms with Gasteiger partial charge in [0.15, 0.2) is 6.29 Å². The molecule has 104 valence electrons. The van der Waals surface area contributed by atoms with Gasteiger partial charge in [-0.05, 0) is 11.1 Å². The Morgan fingerprint density at radius 3 is 2.68 bits per heavy atom. The van der Waals surface area contributed by atoms with Crippen molar-refractivity contribution < 1.29 is 19.4 Å². The largest absolute Gasteiger partial charge is 0.459 e. The molecule has 0 aromatic rings. The van der Waals surface area contributed by atoms with Crippen LogP contribution < -0.4 is 0 Å². The molecule has 1 fully saturated rings. The van der Waals surface area contributed by atoms with Crippen molar-refractivity contribution in [1.82, 2.24) is 0 Å². The monoisotopic (exact) mass is 270 g/mol. The summed E-state index contributed by atoms with van der Waals surface area (Å²) in [4.78, 5) is 16.3. The highest BCUT2D eigenvalue weighted by atomic mass is 16.6. The lowest BCUT2D eigenvalue weighted by Crippen LogP contribution is -2.54. The molecule has 0 saturated carbocycles. The van der Waals surface area contributed by atoms with Gasteiger partial charge in [0.2, 0.25) is 0 Å². The Labute approximate surface area is 108 Å². The van der Waals surface area contributed by atoms with E-state index >= 15 is 0 Å². The number of carbonyl (C=O) groups is 1. The summed E-state index contributed by atoms with van der Waals surface area (Å²) in [6.07, 6.45) is -2.88. The number of carbonyl (C=O) groups excluding carboxylic acids is 1. The van der Waals surface area contributed by atoms with Crippen LogP contribution in [0.4, 0.5) is 0 Å². The SMILES string of the molecule is CC(=O)O[C@@H]1[C@@H](CN=[N+]=[N-])OC(O)C(N=[N+]=[N-])[C@@H]1C. The van der Waals surface area contributed by atoms with Crippen LogP contribution in [0.2, 0.25) is 0 Å². The van der Waals surface area contributed by atoms with Crippen LogP contribution in [0.1, 0.15) is 13.8 Å². The number of ether oxygens (including phenoxy) is 2. The van der Waals surface area contributed by atoms with Crippen molar-refractivity contribution in [3.05, 3.63) is 20.9 Å². The fourth-order valence-corrected chi connectivity index (χ4v) is 1.99. The first-order valence-corrected chi connectivity index (χ1v) is 5.57. The highest BCUT2D eigenvalue weighted by Crippen LogP contribution is 2.30. The van der Waals surface area contributed by atoms with Crippen LogP contribution in [0.5, 0.6) is 0 Å². The van der Waals surface area contributed by atoms with E-state index in [9.17, 15) is 9.90 Å². The van der Waals surface area contributed by atoms with Crippen LogP contribution >= 0.6 is 0 Å². The van der Waals surface area contributed by atoms with Crippen molar-refractivity contribution in [1.29, 1.82) is 0 Å². The molecule has 1 saturated heterocycles. The molecule has 1 rings (SSSR count). The van der Waals surface area contributed by atoms with Crippen molar-refractivity contribution >= 4 is 5.97 Å². The number of rotatable bonds is 4. The van der Waals surface area contributed by atoms with Gasteiger partial charge in [0.25, 0.3) is 0 Å². The van der Waals surface area contributed by atoms with E-state index in [0.717, 1.165) is 0 Å². The highest BCUT2D eigenvalue weighted by Gasteiger charge is 2.44. The molecule has 0 aromatic heterocycles. The van der Waals surface area contributed by atoms with E-state index in [1.165, 1.54) is 6.92 Å². The second kappa shape index (κ2) is 6.81. The summed E-state index contributed by atoms with van der Waals surface area (Å²) in [7, 11) is 0. The van der Waals surface area contributed by atoms with Crippen molar-refractivity contribution in [2.24, 2.45) is 16.1 Å². The fourth-order valence-electron chi connectivity index (χ4n) is 1.99. The Balaban J connectivity index is 2.95. The first-order valence-electron chi connectivity index (χ1n) is 5.57. The van der Waals surface area contributed by atoms with Crippen LogP contribution in [0.25, 0.3) is 20.9 Å². The predicted octanol–water partition coefficient (Wildman–Crippen LogP) is 1.26. The summed E-state index contributed by atoms with van der Waals surface area (Å²) < 4.78 is 10.3. The zero-order valence-electron chi connectivity index (χ0n) is 10.4. The molecule has 0 bridgehead atoms. The number of nitrogens with zero attached hydrogens (tertiary/aromatic N) is 6. The van der Waals surface area contributed by atoms with Gasteiger partial charge in [0, 0.05) is 22.7 Å².